The van der Waals surface area contributed by atoms with Crippen LogP contribution in [-0.2, 0) is 16.0 Å². The molecule has 0 radical (unpaired) electrons. The lowest BCUT2D eigenvalue weighted by molar-refractivity contribution is -0.385. The van der Waals surface area contributed by atoms with E-state index in [1.54, 1.807) is 29.5 Å². The number of amides is 1. The molecule has 1 aliphatic rings. The topological polar surface area (TPSA) is 84.7 Å². The van der Waals surface area contributed by atoms with Crippen molar-refractivity contribution in [2.45, 2.75) is 12.5 Å². The summed E-state index contributed by atoms with van der Waals surface area (Å²) in [4.78, 5) is 26.5. The van der Waals surface area contributed by atoms with Gasteiger partial charge in [-0.25, -0.2) is 0 Å². The highest BCUT2D eigenvalue weighted by atomic mass is 32.1. The smallest absolute Gasteiger partial charge is 0.273 e. The lowest BCUT2D eigenvalue weighted by Crippen LogP contribution is -2.43. The van der Waals surface area contributed by atoms with Crippen molar-refractivity contribution in [3.05, 3.63) is 62.3 Å². The molecular weight excluding hydrogens is 354 g/mol. The van der Waals surface area contributed by atoms with Crippen molar-refractivity contribution in [2.24, 2.45) is 0 Å². The van der Waals surface area contributed by atoms with Crippen LogP contribution in [0.1, 0.15) is 16.5 Å². The van der Waals surface area contributed by atoms with Crippen LogP contribution in [0.4, 0.5) is 5.69 Å². The normalized spacial score (nSPS) is 16.2. The van der Waals surface area contributed by atoms with E-state index < -0.39 is 4.92 Å². The second-order valence-electron chi connectivity index (χ2n) is 6.05. The number of rotatable bonds is 7. The number of hydrogen-bond acceptors (Lipinski definition) is 6. The first-order valence-corrected chi connectivity index (χ1v) is 9.37. The molecule has 0 aliphatic carbocycles. The molecule has 1 fully saturated rings. The first-order valence-electron chi connectivity index (χ1n) is 8.49. The summed E-state index contributed by atoms with van der Waals surface area (Å²) >= 11 is 1.66. The summed E-state index contributed by atoms with van der Waals surface area (Å²) < 4.78 is 5.42. The fraction of sp³-hybridized carbons (Fsp3) is 0.389. The maximum atomic E-state index is 12.4. The Labute approximate surface area is 155 Å². The second kappa shape index (κ2) is 8.88. The molecule has 1 aromatic heterocycles. The monoisotopic (exact) mass is 375 g/mol. The van der Waals surface area contributed by atoms with Gasteiger partial charge in [-0.05, 0) is 11.4 Å². The quantitative estimate of drug-likeness (QED) is 0.593. The minimum atomic E-state index is -0.454. The maximum absolute atomic E-state index is 12.4. The van der Waals surface area contributed by atoms with Gasteiger partial charge < -0.3 is 10.1 Å². The lowest BCUT2D eigenvalue weighted by atomic mass is 10.1. The molecule has 2 aromatic rings. The van der Waals surface area contributed by atoms with Crippen LogP contribution in [0.2, 0.25) is 0 Å². The van der Waals surface area contributed by atoms with Crippen LogP contribution < -0.4 is 5.32 Å². The van der Waals surface area contributed by atoms with Crippen molar-refractivity contribution in [2.75, 3.05) is 32.8 Å². The average Bonchev–Trinajstić information content (AvgIpc) is 3.17. The number of benzene rings is 1. The van der Waals surface area contributed by atoms with Crippen molar-refractivity contribution < 1.29 is 14.5 Å². The molecule has 1 N–H and O–H groups in total. The molecule has 0 unspecified atom stereocenters. The largest absolute Gasteiger partial charge is 0.379 e. The minimum Gasteiger partial charge on any atom is -0.379 e. The number of nitro benzene ring substituents is 1. The molecule has 1 atom stereocenters. The molecular formula is C18H21N3O4S. The second-order valence-corrected chi connectivity index (χ2v) is 7.03. The number of para-hydroxylation sites is 1. The third kappa shape index (κ3) is 4.66. The van der Waals surface area contributed by atoms with Crippen molar-refractivity contribution in [3.63, 3.8) is 0 Å². The number of nitrogens with one attached hydrogen (secondary N) is 1. The summed E-state index contributed by atoms with van der Waals surface area (Å²) in [7, 11) is 0. The number of carbonyl (C=O) groups excluding carboxylic acids is 1. The Bertz CT molecular complexity index is 745. The van der Waals surface area contributed by atoms with Gasteiger partial charge in [-0.1, -0.05) is 24.3 Å². The Hall–Kier alpha value is -2.29. The third-order valence-electron chi connectivity index (χ3n) is 4.39. The average molecular weight is 375 g/mol. The number of nitrogens with zero attached hydrogens (tertiary/aromatic N) is 2. The summed E-state index contributed by atoms with van der Waals surface area (Å²) in [5.41, 5.74) is 0.402. The molecule has 8 heteroatoms. The fourth-order valence-electron chi connectivity index (χ4n) is 3.06. The van der Waals surface area contributed by atoms with E-state index in [0.29, 0.717) is 25.3 Å². The molecule has 1 aliphatic heterocycles. The Balaban J connectivity index is 1.63. The molecule has 1 saturated heterocycles. The van der Waals surface area contributed by atoms with Crippen molar-refractivity contribution in [1.29, 1.82) is 0 Å². The van der Waals surface area contributed by atoms with Gasteiger partial charge >= 0.3 is 0 Å². The highest BCUT2D eigenvalue weighted by Gasteiger charge is 2.24. The van der Waals surface area contributed by atoms with Crippen LogP contribution in [0.5, 0.6) is 0 Å². The van der Waals surface area contributed by atoms with Crippen LogP contribution in [0.3, 0.4) is 0 Å². The minimum absolute atomic E-state index is 0.00255. The van der Waals surface area contributed by atoms with Gasteiger partial charge in [0.1, 0.15) is 0 Å². The Morgan fingerprint density at radius 1 is 1.27 bits per heavy atom. The Morgan fingerprint density at radius 2 is 2.04 bits per heavy atom. The van der Waals surface area contributed by atoms with Gasteiger partial charge in [0.05, 0.1) is 30.6 Å². The fourth-order valence-corrected chi connectivity index (χ4v) is 3.92. The first-order chi connectivity index (χ1) is 12.6. The van der Waals surface area contributed by atoms with E-state index in [-0.39, 0.29) is 24.1 Å². The summed E-state index contributed by atoms with van der Waals surface area (Å²) in [6, 6.07) is 10.5. The summed E-state index contributed by atoms with van der Waals surface area (Å²) in [5, 5.41) is 16.1. The van der Waals surface area contributed by atoms with Crippen LogP contribution in [0, 0.1) is 10.1 Å². The van der Waals surface area contributed by atoms with E-state index >= 15 is 0 Å². The Morgan fingerprint density at radius 3 is 2.73 bits per heavy atom. The highest BCUT2D eigenvalue weighted by Crippen LogP contribution is 2.25. The molecule has 7 nitrogen and oxygen atoms in total. The van der Waals surface area contributed by atoms with E-state index in [2.05, 4.69) is 16.3 Å². The maximum Gasteiger partial charge on any atom is 0.273 e. The van der Waals surface area contributed by atoms with Crippen LogP contribution in [-0.4, -0.2) is 48.6 Å². The van der Waals surface area contributed by atoms with E-state index in [9.17, 15) is 14.9 Å². The number of ether oxygens (including phenoxy) is 1. The van der Waals surface area contributed by atoms with Crippen molar-refractivity contribution in [3.8, 4) is 0 Å². The third-order valence-corrected chi connectivity index (χ3v) is 5.36. The predicted molar refractivity (Wildman–Crippen MR) is 99.3 cm³/mol. The molecule has 2 heterocycles. The van der Waals surface area contributed by atoms with Crippen molar-refractivity contribution in [1.82, 2.24) is 10.2 Å². The number of nitro groups is 1. The molecule has 1 aromatic carbocycles. The molecule has 3 rings (SSSR count). The van der Waals surface area contributed by atoms with Crippen LogP contribution in [0.15, 0.2) is 41.8 Å². The number of morpholine rings is 1. The zero-order valence-corrected chi connectivity index (χ0v) is 15.1. The van der Waals surface area contributed by atoms with Crippen molar-refractivity contribution >= 4 is 22.9 Å². The lowest BCUT2D eigenvalue weighted by Gasteiger charge is -2.34. The molecule has 0 spiro atoms. The SMILES string of the molecule is O=C(Cc1ccccc1[N+](=O)[O-])NC[C@H](c1cccs1)N1CCOCC1. The van der Waals surface area contributed by atoms with Crippen LogP contribution >= 0.6 is 11.3 Å². The van der Waals surface area contributed by atoms with E-state index in [4.69, 9.17) is 4.74 Å². The molecule has 1 amide bonds. The number of carbonyl (C=O) groups is 1. The van der Waals surface area contributed by atoms with Gasteiger partial charge in [-0.2, -0.15) is 0 Å². The standard InChI is InChI=1S/C18H21N3O4S/c22-18(12-14-4-1-2-5-15(14)21(23)24)19-13-16(17-6-3-11-26-17)20-7-9-25-10-8-20/h1-6,11,16H,7-10,12-13H2,(H,19,22)/t16-/m1/s1. The first kappa shape index (κ1) is 18.5. The molecule has 26 heavy (non-hydrogen) atoms. The molecule has 138 valence electrons. The summed E-state index contributed by atoms with van der Waals surface area (Å²) in [6.07, 6.45) is -0.00255. The number of thiophene rings is 1. The van der Waals surface area contributed by atoms with E-state index in [1.807, 2.05) is 11.4 Å². The Kier molecular flexibility index (Phi) is 6.32. The molecule has 0 saturated carbocycles. The summed E-state index contributed by atoms with van der Waals surface area (Å²) in [5.74, 6) is -0.214. The zero-order valence-electron chi connectivity index (χ0n) is 14.3. The van der Waals surface area contributed by atoms with Gasteiger partial charge in [-0.15, -0.1) is 11.3 Å². The van der Waals surface area contributed by atoms with Gasteiger partial charge in [0.2, 0.25) is 5.91 Å². The van der Waals surface area contributed by atoms with Gasteiger partial charge in [-0.3, -0.25) is 19.8 Å². The van der Waals surface area contributed by atoms with Gasteiger partial charge in [0.15, 0.2) is 0 Å². The van der Waals surface area contributed by atoms with E-state index in [0.717, 1.165) is 13.1 Å². The highest BCUT2D eigenvalue weighted by molar-refractivity contribution is 7.10. The zero-order chi connectivity index (χ0) is 18.4. The van der Waals surface area contributed by atoms with Gasteiger partial charge in [0, 0.05) is 36.1 Å². The van der Waals surface area contributed by atoms with Crippen LogP contribution in [0.25, 0.3) is 0 Å². The number of hydrogen-bond donors (Lipinski definition) is 1. The molecule has 0 bridgehead atoms. The van der Waals surface area contributed by atoms with Gasteiger partial charge in [0.25, 0.3) is 5.69 Å². The predicted octanol–water partition coefficient (Wildman–Crippen LogP) is 2.39. The summed E-state index contributed by atoms with van der Waals surface area (Å²) in [6.45, 7) is 3.49. The van der Waals surface area contributed by atoms with E-state index in [1.165, 1.54) is 10.9 Å².